The third-order valence-corrected chi connectivity index (χ3v) is 4.03. The van der Waals surface area contributed by atoms with Gasteiger partial charge in [0, 0.05) is 20.2 Å². The molecule has 0 spiro atoms. The van der Waals surface area contributed by atoms with Crippen molar-refractivity contribution < 1.29 is 33.7 Å². The van der Waals surface area contributed by atoms with Crippen LogP contribution in [0.25, 0.3) is 0 Å². The summed E-state index contributed by atoms with van der Waals surface area (Å²) in [7, 11) is 1.38. The van der Waals surface area contributed by atoms with E-state index in [0.29, 0.717) is 0 Å². The first-order chi connectivity index (χ1) is 12.4. The molecule has 1 aliphatic rings. The molecule has 8 nitrogen and oxygen atoms in total. The molecule has 0 bridgehead atoms. The van der Waals surface area contributed by atoms with Gasteiger partial charge >= 0.3 is 0 Å². The Labute approximate surface area is 150 Å². The van der Waals surface area contributed by atoms with E-state index in [2.05, 4.69) is 15.4 Å². The zero-order valence-corrected chi connectivity index (χ0v) is 14.4. The number of rotatable bonds is 8. The molecule has 0 aliphatic carbocycles. The zero-order valence-electron chi connectivity index (χ0n) is 14.4. The highest BCUT2D eigenvalue weighted by Crippen LogP contribution is 2.23. The smallest absolute Gasteiger partial charge is 0.246 e. The number of nitrogens with one attached hydrogen (secondary N) is 2. The monoisotopic (exact) mass is 370 g/mol. The molecule has 2 amide bonds. The number of benzene rings is 1. The number of aliphatic hydroxyl groups is 2. The molecule has 9 heteroatoms. The lowest BCUT2D eigenvalue weighted by Crippen LogP contribution is -2.41. The molecule has 2 rings (SSSR count). The fourth-order valence-corrected chi connectivity index (χ4v) is 2.62. The summed E-state index contributed by atoms with van der Waals surface area (Å²) in [4.78, 5) is 23.4. The van der Waals surface area contributed by atoms with E-state index in [-0.39, 0.29) is 43.7 Å². The van der Waals surface area contributed by atoms with E-state index in [4.69, 9.17) is 4.74 Å². The summed E-state index contributed by atoms with van der Waals surface area (Å²) in [6, 6.07) is 5.70. The number of aliphatic hydroxyl groups excluding tert-OH is 2. The highest BCUT2D eigenvalue weighted by atomic mass is 19.1. The van der Waals surface area contributed by atoms with Gasteiger partial charge in [-0.3, -0.25) is 9.59 Å². The molecular weight excluding hydrogens is 347 g/mol. The number of hydrogen-bond donors (Lipinski definition) is 4. The number of ether oxygens (including phenoxy) is 2. The lowest BCUT2D eigenvalue weighted by atomic mass is 10.1. The molecule has 1 heterocycles. The molecule has 0 aromatic heterocycles. The van der Waals surface area contributed by atoms with E-state index in [1.165, 1.54) is 19.2 Å². The van der Waals surface area contributed by atoms with Gasteiger partial charge in [-0.05, 0) is 17.7 Å². The number of amides is 2. The normalized spacial score (nSPS) is 25.1. The van der Waals surface area contributed by atoms with Gasteiger partial charge in [-0.2, -0.15) is 0 Å². The minimum absolute atomic E-state index is 0.00583. The molecule has 0 saturated carbocycles. The second-order valence-electron chi connectivity index (χ2n) is 6.04. The van der Waals surface area contributed by atoms with Crippen LogP contribution < -0.4 is 10.6 Å². The van der Waals surface area contributed by atoms with Crippen LogP contribution in [0.3, 0.4) is 0 Å². The summed E-state index contributed by atoms with van der Waals surface area (Å²) in [6.45, 7) is 0.0791. The highest BCUT2D eigenvalue weighted by molar-refractivity contribution is 5.77. The van der Waals surface area contributed by atoms with Gasteiger partial charge in [0.2, 0.25) is 11.8 Å². The van der Waals surface area contributed by atoms with Gasteiger partial charge in [0.05, 0.1) is 12.5 Å². The van der Waals surface area contributed by atoms with E-state index < -0.39 is 24.4 Å². The predicted molar refractivity (Wildman–Crippen MR) is 88.4 cm³/mol. The topological polar surface area (TPSA) is 117 Å². The summed E-state index contributed by atoms with van der Waals surface area (Å²) in [6.07, 6.45) is -4.31. The number of halogens is 1. The second-order valence-corrected chi connectivity index (χ2v) is 6.04. The molecule has 4 N–H and O–H groups in total. The highest BCUT2D eigenvalue weighted by Gasteiger charge is 2.43. The third kappa shape index (κ3) is 5.73. The summed E-state index contributed by atoms with van der Waals surface area (Å²) >= 11 is 0. The van der Waals surface area contributed by atoms with Crippen LogP contribution in [0.5, 0.6) is 0 Å². The van der Waals surface area contributed by atoms with Crippen molar-refractivity contribution >= 4 is 11.8 Å². The van der Waals surface area contributed by atoms with Gasteiger partial charge in [0.1, 0.15) is 30.7 Å². The first-order valence-electron chi connectivity index (χ1n) is 8.19. The Bertz CT molecular complexity index is 612. The van der Waals surface area contributed by atoms with E-state index >= 15 is 0 Å². The molecule has 0 radical (unpaired) electrons. The van der Waals surface area contributed by atoms with Crippen LogP contribution in [-0.2, 0) is 25.6 Å². The molecule has 0 unspecified atom stereocenters. The summed E-state index contributed by atoms with van der Waals surface area (Å²) in [5.41, 5.74) is 0.728. The van der Waals surface area contributed by atoms with Crippen molar-refractivity contribution in [2.45, 2.75) is 37.4 Å². The number of carbonyl (C=O) groups excluding carboxylic acids is 2. The Morgan fingerprint density at radius 2 is 1.77 bits per heavy atom. The fourth-order valence-electron chi connectivity index (χ4n) is 2.62. The van der Waals surface area contributed by atoms with Gasteiger partial charge in [0.15, 0.2) is 0 Å². The van der Waals surface area contributed by atoms with E-state index in [1.807, 2.05) is 0 Å². The molecule has 1 aromatic rings. The third-order valence-electron chi connectivity index (χ3n) is 4.03. The quantitative estimate of drug-likeness (QED) is 0.470. The average molecular weight is 370 g/mol. The van der Waals surface area contributed by atoms with Crippen LogP contribution in [0.4, 0.5) is 4.39 Å². The average Bonchev–Trinajstić information content (AvgIpc) is 2.88. The van der Waals surface area contributed by atoms with Crippen LogP contribution in [0.15, 0.2) is 24.3 Å². The van der Waals surface area contributed by atoms with Gasteiger partial charge in [-0.25, -0.2) is 4.39 Å². The largest absolute Gasteiger partial charge is 0.388 e. The van der Waals surface area contributed by atoms with E-state index in [9.17, 15) is 24.2 Å². The summed E-state index contributed by atoms with van der Waals surface area (Å²) in [5.74, 6) is -1.12. The van der Waals surface area contributed by atoms with Crippen molar-refractivity contribution in [1.82, 2.24) is 10.6 Å². The molecule has 144 valence electrons. The second kappa shape index (κ2) is 9.58. The number of methoxy groups -OCH3 is 1. The van der Waals surface area contributed by atoms with Gasteiger partial charge in [-0.1, -0.05) is 12.1 Å². The van der Waals surface area contributed by atoms with Gasteiger partial charge < -0.3 is 30.3 Å². The summed E-state index contributed by atoms with van der Waals surface area (Å²) in [5, 5.41) is 25.2. The SMILES string of the molecule is COCC(=O)NC[C@@H]1O[C@@H](CC(=O)NCc2ccc(F)cc2)[C@@H](O)[C@@H]1O. The lowest BCUT2D eigenvalue weighted by molar-refractivity contribution is -0.127. The molecule has 1 saturated heterocycles. The Morgan fingerprint density at radius 1 is 1.12 bits per heavy atom. The van der Waals surface area contributed by atoms with Gasteiger partial charge in [0.25, 0.3) is 0 Å². The number of hydrogen-bond acceptors (Lipinski definition) is 6. The maximum Gasteiger partial charge on any atom is 0.246 e. The Kier molecular flexibility index (Phi) is 7.46. The maximum atomic E-state index is 12.8. The Hall–Kier alpha value is -2.07. The lowest BCUT2D eigenvalue weighted by Gasteiger charge is -2.15. The molecule has 1 fully saturated rings. The first-order valence-corrected chi connectivity index (χ1v) is 8.19. The van der Waals surface area contributed by atoms with Crippen LogP contribution >= 0.6 is 0 Å². The fraction of sp³-hybridized carbons (Fsp3) is 0.529. The van der Waals surface area contributed by atoms with E-state index in [0.717, 1.165) is 5.56 Å². The predicted octanol–water partition coefficient (Wildman–Crippen LogP) is -0.916. The van der Waals surface area contributed by atoms with Crippen LogP contribution in [0.2, 0.25) is 0 Å². The molecule has 1 aromatic carbocycles. The minimum Gasteiger partial charge on any atom is -0.388 e. The Balaban J connectivity index is 1.78. The van der Waals surface area contributed by atoms with Crippen molar-refractivity contribution in [2.24, 2.45) is 0 Å². The zero-order chi connectivity index (χ0) is 19.1. The Morgan fingerprint density at radius 3 is 2.42 bits per heavy atom. The number of carbonyl (C=O) groups is 2. The summed E-state index contributed by atoms with van der Waals surface area (Å²) < 4.78 is 23.0. The van der Waals surface area contributed by atoms with Crippen LogP contribution in [0, 0.1) is 5.82 Å². The molecule has 4 atom stereocenters. The van der Waals surface area contributed by atoms with Gasteiger partial charge in [-0.15, -0.1) is 0 Å². The maximum absolute atomic E-state index is 12.8. The first kappa shape index (κ1) is 20.2. The van der Waals surface area contributed by atoms with Crippen LogP contribution in [-0.4, -0.2) is 66.7 Å². The molecular formula is C17H23FN2O6. The molecule has 1 aliphatic heterocycles. The van der Waals surface area contributed by atoms with Crippen molar-refractivity contribution in [3.8, 4) is 0 Å². The van der Waals surface area contributed by atoms with Crippen LogP contribution in [0.1, 0.15) is 12.0 Å². The van der Waals surface area contributed by atoms with Crippen molar-refractivity contribution in [3.63, 3.8) is 0 Å². The van der Waals surface area contributed by atoms with E-state index in [1.54, 1.807) is 12.1 Å². The standard InChI is InChI=1S/C17H23FN2O6/c1-25-9-15(22)20-8-13-17(24)16(23)12(26-13)6-14(21)19-7-10-2-4-11(18)5-3-10/h2-5,12-13,16-17,23-24H,6-9H2,1H3,(H,19,21)(H,20,22)/t12-,13-,16+,17+/m0/s1. The van der Waals surface area contributed by atoms with Crippen molar-refractivity contribution in [2.75, 3.05) is 20.3 Å². The van der Waals surface area contributed by atoms with Crippen molar-refractivity contribution in [3.05, 3.63) is 35.6 Å². The molecule has 26 heavy (non-hydrogen) atoms. The minimum atomic E-state index is -1.24. The van der Waals surface area contributed by atoms with Crippen molar-refractivity contribution in [1.29, 1.82) is 0 Å².